The summed E-state index contributed by atoms with van der Waals surface area (Å²) >= 11 is 0. The van der Waals surface area contributed by atoms with Crippen LogP contribution in [0.25, 0.3) is 0 Å². The van der Waals surface area contributed by atoms with Gasteiger partial charge in [-0.15, -0.1) is 0 Å². The molecule has 6 heteroatoms. The van der Waals surface area contributed by atoms with Gasteiger partial charge in [-0.05, 0) is 25.7 Å². The Hall–Kier alpha value is -1.30. The van der Waals surface area contributed by atoms with Crippen LogP contribution < -0.4 is 0 Å². The molecule has 2 amide bonds. The molecule has 2 N–H and O–H groups in total. The maximum absolute atomic E-state index is 12.2. The molecule has 1 atom stereocenters. The minimum Gasteiger partial charge on any atom is -0.481 e. The SMILES string of the molecule is CCC1(C(=O)O)CCCN(C(=O)N(C)CCCO)C1. The number of carboxylic acids is 1. The number of aliphatic hydroxyl groups excluding tert-OH is 1. The van der Waals surface area contributed by atoms with Crippen molar-refractivity contribution < 1.29 is 19.8 Å². The Labute approximate surface area is 114 Å². The normalized spacial score (nSPS) is 23.2. The van der Waals surface area contributed by atoms with Crippen molar-refractivity contribution in [1.29, 1.82) is 0 Å². The molecule has 6 nitrogen and oxygen atoms in total. The molecule has 1 aliphatic heterocycles. The first-order valence-electron chi connectivity index (χ1n) is 6.81. The van der Waals surface area contributed by atoms with Crippen LogP contribution in [0.5, 0.6) is 0 Å². The van der Waals surface area contributed by atoms with E-state index < -0.39 is 11.4 Å². The van der Waals surface area contributed by atoms with Crippen LogP contribution in [0.2, 0.25) is 0 Å². The molecule has 0 aromatic carbocycles. The molecule has 1 rings (SSSR count). The van der Waals surface area contributed by atoms with Gasteiger partial charge in [-0.3, -0.25) is 4.79 Å². The summed E-state index contributed by atoms with van der Waals surface area (Å²) in [4.78, 5) is 26.8. The van der Waals surface area contributed by atoms with E-state index in [0.717, 1.165) is 6.42 Å². The van der Waals surface area contributed by atoms with Gasteiger partial charge in [-0.25, -0.2) is 4.79 Å². The van der Waals surface area contributed by atoms with Crippen LogP contribution in [0.3, 0.4) is 0 Å². The smallest absolute Gasteiger partial charge is 0.319 e. The third-order valence-corrected chi connectivity index (χ3v) is 3.96. The highest BCUT2D eigenvalue weighted by atomic mass is 16.4. The Balaban J connectivity index is 2.68. The second kappa shape index (κ2) is 6.75. The van der Waals surface area contributed by atoms with Gasteiger partial charge in [-0.1, -0.05) is 6.92 Å². The zero-order chi connectivity index (χ0) is 14.5. The number of carboxylic acid groups (broad SMARTS) is 1. The number of hydrogen-bond acceptors (Lipinski definition) is 3. The van der Waals surface area contributed by atoms with E-state index in [4.69, 9.17) is 5.11 Å². The van der Waals surface area contributed by atoms with Crippen LogP contribution in [-0.4, -0.2) is 65.3 Å². The van der Waals surface area contributed by atoms with Gasteiger partial charge in [-0.2, -0.15) is 0 Å². The van der Waals surface area contributed by atoms with Crippen molar-refractivity contribution in [2.45, 2.75) is 32.6 Å². The van der Waals surface area contributed by atoms with Crippen molar-refractivity contribution >= 4 is 12.0 Å². The van der Waals surface area contributed by atoms with Crippen molar-refractivity contribution in [2.24, 2.45) is 5.41 Å². The topological polar surface area (TPSA) is 81.1 Å². The number of piperidine rings is 1. The summed E-state index contributed by atoms with van der Waals surface area (Å²) in [6.45, 7) is 3.28. The first kappa shape index (κ1) is 15.8. The van der Waals surface area contributed by atoms with Crippen LogP contribution in [0, 0.1) is 5.41 Å². The molecule has 0 bridgehead atoms. The number of carbonyl (C=O) groups excluding carboxylic acids is 1. The second-order valence-electron chi connectivity index (χ2n) is 5.25. The Morgan fingerprint density at radius 3 is 2.63 bits per heavy atom. The van der Waals surface area contributed by atoms with Gasteiger partial charge in [0, 0.05) is 33.3 Å². The lowest BCUT2D eigenvalue weighted by Gasteiger charge is -2.40. The average Bonchev–Trinajstić information content (AvgIpc) is 2.43. The number of amides is 2. The molecule has 19 heavy (non-hydrogen) atoms. The predicted molar refractivity (Wildman–Crippen MR) is 70.9 cm³/mol. The number of nitrogens with zero attached hydrogens (tertiary/aromatic N) is 2. The first-order valence-corrected chi connectivity index (χ1v) is 6.81. The van der Waals surface area contributed by atoms with Crippen molar-refractivity contribution in [1.82, 2.24) is 9.80 Å². The summed E-state index contributed by atoms with van der Waals surface area (Å²) < 4.78 is 0. The zero-order valence-corrected chi connectivity index (χ0v) is 11.8. The Bertz CT molecular complexity index is 335. The van der Waals surface area contributed by atoms with Gasteiger partial charge in [0.2, 0.25) is 0 Å². The van der Waals surface area contributed by atoms with Crippen LogP contribution in [-0.2, 0) is 4.79 Å². The predicted octanol–water partition coefficient (Wildman–Crippen LogP) is 0.997. The van der Waals surface area contributed by atoms with Crippen LogP contribution >= 0.6 is 0 Å². The van der Waals surface area contributed by atoms with Crippen molar-refractivity contribution in [3.63, 3.8) is 0 Å². The summed E-state index contributed by atoms with van der Waals surface area (Å²) in [5.41, 5.74) is -0.800. The largest absolute Gasteiger partial charge is 0.481 e. The Morgan fingerprint density at radius 1 is 1.42 bits per heavy atom. The van der Waals surface area contributed by atoms with E-state index in [9.17, 15) is 14.7 Å². The van der Waals surface area contributed by atoms with Gasteiger partial charge >= 0.3 is 12.0 Å². The monoisotopic (exact) mass is 272 g/mol. The van der Waals surface area contributed by atoms with E-state index in [1.807, 2.05) is 6.92 Å². The minimum absolute atomic E-state index is 0.0473. The summed E-state index contributed by atoms with van der Waals surface area (Å²) in [5, 5.41) is 18.2. The molecular formula is C13H24N2O4. The first-order chi connectivity index (χ1) is 8.96. The van der Waals surface area contributed by atoms with E-state index in [0.29, 0.717) is 32.4 Å². The molecule has 0 spiro atoms. The number of carbonyl (C=O) groups is 2. The fourth-order valence-electron chi connectivity index (χ4n) is 2.55. The molecular weight excluding hydrogens is 248 g/mol. The second-order valence-corrected chi connectivity index (χ2v) is 5.25. The molecule has 110 valence electrons. The van der Waals surface area contributed by atoms with E-state index in [1.165, 1.54) is 0 Å². The molecule has 0 aliphatic carbocycles. The quantitative estimate of drug-likeness (QED) is 0.782. The highest BCUT2D eigenvalue weighted by molar-refractivity contribution is 5.78. The molecule has 0 aromatic rings. The molecule has 1 aliphatic rings. The van der Waals surface area contributed by atoms with E-state index in [2.05, 4.69) is 0 Å². The average molecular weight is 272 g/mol. The van der Waals surface area contributed by atoms with Gasteiger partial charge in [0.15, 0.2) is 0 Å². The fraction of sp³-hybridized carbons (Fsp3) is 0.846. The third kappa shape index (κ3) is 3.59. The Morgan fingerprint density at radius 2 is 2.11 bits per heavy atom. The molecule has 1 heterocycles. The molecule has 0 aromatic heterocycles. The van der Waals surface area contributed by atoms with E-state index in [1.54, 1.807) is 16.8 Å². The lowest BCUT2D eigenvalue weighted by atomic mass is 9.78. The lowest BCUT2D eigenvalue weighted by molar-refractivity contribution is -0.152. The third-order valence-electron chi connectivity index (χ3n) is 3.96. The number of urea groups is 1. The number of aliphatic carboxylic acids is 1. The summed E-state index contributed by atoms with van der Waals surface area (Å²) in [6.07, 6.45) is 2.42. The van der Waals surface area contributed by atoms with E-state index in [-0.39, 0.29) is 19.2 Å². The maximum Gasteiger partial charge on any atom is 0.319 e. The van der Waals surface area contributed by atoms with E-state index >= 15 is 0 Å². The highest BCUT2D eigenvalue weighted by Gasteiger charge is 2.42. The van der Waals surface area contributed by atoms with Crippen molar-refractivity contribution in [2.75, 3.05) is 33.3 Å². The summed E-state index contributed by atoms with van der Waals surface area (Å²) in [5.74, 6) is -0.814. The fourth-order valence-corrected chi connectivity index (χ4v) is 2.55. The van der Waals surface area contributed by atoms with Crippen molar-refractivity contribution in [3.05, 3.63) is 0 Å². The minimum atomic E-state index is -0.814. The highest BCUT2D eigenvalue weighted by Crippen LogP contribution is 2.33. The van der Waals surface area contributed by atoms with Crippen LogP contribution in [0.15, 0.2) is 0 Å². The van der Waals surface area contributed by atoms with Gasteiger partial charge in [0.1, 0.15) is 0 Å². The lowest BCUT2D eigenvalue weighted by Crippen LogP contribution is -2.52. The zero-order valence-electron chi connectivity index (χ0n) is 11.8. The standard InChI is InChI=1S/C13H24N2O4/c1-3-13(11(17)18)6-4-8-15(10-13)12(19)14(2)7-5-9-16/h16H,3-10H2,1-2H3,(H,17,18). The van der Waals surface area contributed by atoms with Gasteiger partial charge in [0.05, 0.1) is 5.41 Å². The van der Waals surface area contributed by atoms with Crippen LogP contribution in [0.1, 0.15) is 32.6 Å². The molecule has 0 radical (unpaired) electrons. The number of rotatable bonds is 5. The van der Waals surface area contributed by atoms with Gasteiger partial charge in [0.25, 0.3) is 0 Å². The number of aliphatic hydroxyl groups is 1. The maximum atomic E-state index is 12.2. The number of hydrogen-bond donors (Lipinski definition) is 2. The summed E-state index contributed by atoms with van der Waals surface area (Å²) in [7, 11) is 1.68. The van der Waals surface area contributed by atoms with Crippen LogP contribution in [0.4, 0.5) is 4.79 Å². The molecule has 1 unspecified atom stereocenters. The molecule has 1 saturated heterocycles. The summed E-state index contributed by atoms with van der Waals surface area (Å²) in [6, 6.07) is -0.146. The number of likely N-dealkylation sites (tertiary alicyclic amines) is 1. The van der Waals surface area contributed by atoms with Crippen molar-refractivity contribution in [3.8, 4) is 0 Å². The molecule has 1 fully saturated rings. The molecule has 0 saturated carbocycles. The Kier molecular flexibility index (Phi) is 5.60. The van der Waals surface area contributed by atoms with Gasteiger partial charge < -0.3 is 20.0 Å².